The van der Waals surface area contributed by atoms with Gasteiger partial charge in [-0.2, -0.15) is 0 Å². The molecule has 6 nitrogen and oxygen atoms in total. The first kappa shape index (κ1) is 14.1. The van der Waals surface area contributed by atoms with Gasteiger partial charge in [-0.25, -0.2) is 19.9 Å². The highest BCUT2D eigenvalue weighted by Crippen LogP contribution is 2.41. The number of rotatable bonds is 3. The molecule has 7 heteroatoms. The largest absolute Gasteiger partial charge is 0.460 e. The normalized spacial score (nSPS) is 26.0. The van der Waals surface area contributed by atoms with Crippen LogP contribution in [0.2, 0.25) is 0 Å². The van der Waals surface area contributed by atoms with Crippen LogP contribution in [0.4, 0.5) is 5.82 Å². The summed E-state index contributed by atoms with van der Waals surface area (Å²) in [6, 6.07) is 5.36. The maximum atomic E-state index is 6.01. The fraction of sp³-hybridized carbons (Fsp3) is 0.412. The van der Waals surface area contributed by atoms with Crippen molar-refractivity contribution in [1.82, 2.24) is 19.9 Å². The Hall–Kier alpha value is -2.28. The van der Waals surface area contributed by atoms with Crippen LogP contribution in [-0.2, 0) is 0 Å². The standard InChI is InChI=1S/C17H17N5OS/c1-5-18-17(19-6-1)23-13-8-11-2-3-12(9-13)22(11)15-14-4-7-24-16(14)21-10-20-15/h1,4-7,10-13H,2-3,8-9H2/t11-,12-/m0/s1. The van der Waals surface area contributed by atoms with Crippen molar-refractivity contribution in [2.75, 3.05) is 4.90 Å². The average Bonchev–Trinajstić information content (AvgIpc) is 3.18. The molecule has 0 amide bonds. The molecule has 2 fully saturated rings. The average molecular weight is 339 g/mol. The van der Waals surface area contributed by atoms with Crippen molar-refractivity contribution in [2.24, 2.45) is 0 Å². The number of thiophene rings is 1. The second-order valence-corrected chi connectivity index (χ2v) is 7.27. The summed E-state index contributed by atoms with van der Waals surface area (Å²) in [5.41, 5.74) is 0. The van der Waals surface area contributed by atoms with Gasteiger partial charge in [0.2, 0.25) is 0 Å². The fourth-order valence-electron chi connectivity index (χ4n) is 4.05. The second kappa shape index (κ2) is 5.66. The summed E-state index contributed by atoms with van der Waals surface area (Å²) in [5.74, 6) is 1.09. The monoisotopic (exact) mass is 339 g/mol. The van der Waals surface area contributed by atoms with E-state index < -0.39 is 0 Å². The molecule has 0 aliphatic carbocycles. The van der Waals surface area contributed by atoms with Crippen molar-refractivity contribution in [1.29, 1.82) is 0 Å². The number of ether oxygens (including phenoxy) is 1. The van der Waals surface area contributed by atoms with Gasteiger partial charge in [-0.05, 0) is 30.4 Å². The maximum Gasteiger partial charge on any atom is 0.316 e. The number of fused-ring (bicyclic) bond motifs is 3. The van der Waals surface area contributed by atoms with Crippen LogP contribution < -0.4 is 9.64 Å². The molecule has 0 unspecified atom stereocenters. The van der Waals surface area contributed by atoms with Crippen molar-refractivity contribution in [3.63, 3.8) is 0 Å². The quantitative estimate of drug-likeness (QED) is 0.731. The molecule has 0 aromatic carbocycles. The SMILES string of the molecule is c1cnc(OC2C[C@@H]3CC[C@@H](C2)N3c2ncnc3sccc23)nc1. The molecule has 24 heavy (non-hydrogen) atoms. The van der Waals surface area contributed by atoms with Crippen molar-refractivity contribution in [2.45, 2.75) is 43.9 Å². The van der Waals surface area contributed by atoms with Crippen molar-refractivity contribution in [3.05, 3.63) is 36.2 Å². The minimum Gasteiger partial charge on any atom is -0.460 e. The van der Waals surface area contributed by atoms with Crippen molar-refractivity contribution in [3.8, 4) is 6.01 Å². The molecule has 2 aliphatic heterocycles. The van der Waals surface area contributed by atoms with Gasteiger partial charge in [0, 0.05) is 37.3 Å². The van der Waals surface area contributed by atoms with Gasteiger partial charge in [-0.1, -0.05) is 0 Å². The highest BCUT2D eigenvalue weighted by Gasteiger charge is 2.43. The smallest absolute Gasteiger partial charge is 0.316 e. The Labute approximate surface area is 143 Å². The summed E-state index contributed by atoms with van der Waals surface area (Å²) in [4.78, 5) is 20.9. The second-order valence-electron chi connectivity index (χ2n) is 6.37. The number of aromatic nitrogens is 4. The van der Waals surface area contributed by atoms with Gasteiger partial charge < -0.3 is 9.64 Å². The summed E-state index contributed by atoms with van der Waals surface area (Å²) in [6.45, 7) is 0. The fourth-order valence-corrected chi connectivity index (χ4v) is 4.77. The molecule has 2 aliphatic rings. The van der Waals surface area contributed by atoms with Gasteiger partial charge in [0.05, 0.1) is 5.39 Å². The Morgan fingerprint density at radius 3 is 2.62 bits per heavy atom. The van der Waals surface area contributed by atoms with Crippen LogP contribution in [0.15, 0.2) is 36.2 Å². The lowest BCUT2D eigenvalue weighted by atomic mass is 9.99. The minimum absolute atomic E-state index is 0.181. The van der Waals surface area contributed by atoms with Crippen LogP contribution >= 0.6 is 11.3 Å². The Kier molecular flexibility index (Phi) is 3.33. The first-order valence-corrected chi connectivity index (χ1v) is 9.16. The molecule has 0 N–H and O–H groups in total. The summed E-state index contributed by atoms with van der Waals surface area (Å²) in [5, 5.41) is 3.26. The third-order valence-electron chi connectivity index (χ3n) is 4.99. The topological polar surface area (TPSA) is 64.0 Å². The zero-order valence-electron chi connectivity index (χ0n) is 13.1. The molecule has 0 radical (unpaired) electrons. The predicted molar refractivity (Wildman–Crippen MR) is 92.4 cm³/mol. The Balaban J connectivity index is 1.41. The molecule has 0 saturated carbocycles. The van der Waals surface area contributed by atoms with E-state index >= 15 is 0 Å². The third kappa shape index (κ3) is 2.31. The summed E-state index contributed by atoms with van der Waals surface area (Å²) in [7, 11) is 0. The van der Waals surface area contributed by atoms with Gasteiger partial charge in [0.1, 0.15) is 23.1 Å². The first-order valence-electron chi connectivity index (χ1n) is 8.29. The van der Waals surface area contributed by atoms with E-state index in [2.05, 4.69) is 36.3 Å². The molecular formula is C17H17N5OS. The molecular weight excluding hydrogens is 322 g/mol. The summed E-state index contributed by atoms with van der Waals surface area (Å²) < 4.78 is 6.01. The van der Waals surface area contributed by atoms with E-state index in [0.29, 0.717) is 18.1 Å². The Morgan fingerprint density at radius 2 is 1.83 bits per heavy atom. The van der Waals surface area contributed by atoms with Gasteiger partial charge in [-0.15, -0.1) is 11.3 Å². The molecule has 5 heterocycles. The van der Waals surface area contributed by atoms with Crippen LogP contribution in [0.1, 0.15) is 25.7 Å². The number of piperidine rings is 1. The van der Waals surface area contributed by atoms with E-state index in [4.69, 9.17) is 4.74 Å². The highest BCUT2D eigenvalue weighted by atomic mass is 32.1. The van der Waals surface area contributed by atoms with Gasteiger partial charge >= 0.3 is 6.01 Å². The van der Waals surface area contributed by atoms with E-state index in [1.807, 2.05) is 0 Å². The van der Waals surface area contributed by atoms with Crippen LogP contribution in [0.25, 0.3) is 10.2 Å². The maximum absolute atomic E-state index is 6.01. The molecule has 122 valence electrons. The number of anilines is 1. The van der Waals surface area contributed by atoms with Crippen molar-refractivity contribution < 1.29 is 4.74 Å². The number of nitrogens with zero attached hydrogens (tertiary/aromatic N) is 5. The lowest BCUT2D eigenvalue weighted by Gasteiger charge is -2.39. The van der Waals surface area contributed by atoms with E-state index in [0.717, 1.165) is 23.5 Å². The molecule has 3 aromatic heterocycles. The van der Waals surface area contributed by atoms with E-state index in [9.17, 15) is 0 Å². The zero-order valence-corrected chi connectivity index (χ0v) is 13.9. The van der Waals surface area contributed by atoms with E-state index in [1.54, 1.807) is 36.1 Å². The zero-order chi connectivity index (χ0) is 15.9. The van der Waals surface area contributed by atoms with E-state index in [1.165, 1.54) is 18.2 Å². The lowest BCUT2D eigenvalue weighted by Crippen LogP contribution is -2.47. The van der Waals surface area contributed by atoms with E-state index in [-0.39, 0.29) is 6.10 Å². The molecule has 3 aromatic rings. The summed E-state index contributed by atoms with van der Waals surface area (Å²) >= 11 is 1.67. The number of hydrogen-bond acceptors (Lipinski definition) is 7. The van der Waals surface area contributed by atoms with Crippen molar-refractivity contribution >= 4 is 27.4 Å². The Morgan fingerprint density at radius 1 is 1.04 bits per heavy atom. The molecule has 2 saturated heterocycles. The number of hydrogen-bond donors (Lipinski definition) is 0. The van der Waals surface area contributed by atoms with Crippen LogP contribution in [0.3, 0.4) is 0 Å². The van der Waals surface area contributed by atoms with Gasteiger partial charge in [-0.3, -0.25) is 0 Å². The molecule has 0 spiro atoms. The van der Waals surface area contributed by atoms with Crippen LogP contribution in [-0.4, -0.2) is 38.1 Å². The van der Waals surface area contributed by atoms with Crippen LogP contribution in [0.5, 0.6) is 6.01 Å². The van der Waals surface area contributed by atoms with Gasteiger partial charge in [0.15, 0.2) is 0 Å². The Bertz CT molecular complexity index is 840. The third-order valence-corrected chi connectivity index (χ3v) is 5.81. The van der Waals surface area contributed by atoms with Gasteiger partial charge in [0.25, 0.3) is 0 Å². The lowest BCUT2D eigenvalue weighted by molar-refractivity contribution is 0.137. The molecule has 2 atom stereocenters. The molecule has 5 rings (SSSR count). The highest BCUT2D eigenvalue weighted by molar-refractivity contribution is 7.16. The predicted octanol–water partition coefficient (Wildman–Crippen LogP) is 3.06. The minimum atomic E-state index is 0.181. The first-order chi connectivity index (χ1) is 11.9. The summed E-state index contributed by atoms with van der Waals surface area (Å²) in [6.07, 6.45) is 9.68. The van der Waals surface area contributed by atoms with Crippen LogP contribution in [0, 0.1) is 0 Å². The molecule has 2 bridgehead atoms.